The third kappa shape index (κ3) is 2.89. The Morgan fingerprint density at radius 3 is 2.68 bits per heavy atom. The standard InChI is InChI=1S/C24H24N2O2/c27-23-10-4-3-9-22(23)26-15-21-19-8-2-1-7-18(19)17(13-20(21)24(26)28)12-16-6-5-11-25-14-16/h1-2,5-8,11,13-14,22-23,27H,3-4,9-10,12,15H2/t22-,23-/m0/s1. The Morgan fingerprint density at radius 1 is 1.07 bits per heavy atom. The van der Waals surface area contributed by atoms with Crippen molar-refractivity contribution >= 4 is 16.7 Å². The van der Waals surface area contributed by atoms with Crippen molar-refractivity contribution in [2.45, 2.75) is 50.8 Å². The third-order valence-corrected chi connectivity index (χ3v) is 6.27. The summed E-state index contributed by atoms with van der Waals surface area (Å²) in [5, 5.41) is 12.8. The Balaban J connectivity index is 1.58. The molecule has 0 spiro atoms. The van der Waals surface area contributed by atoms with Crippen LogP contribution in [-0.4, -0.2) is 33.0 Å². The van der Waals surface area contributed by atoms with Crippen molar-refractivity contribution in [1.29, 1.82) is 0 Å². The van der Waals surface area contributed by atoms with Gasteiger partial charge in [0.25, 0.3) is 5.91 Å². The number of benzene rings is 2. The van der Waals surface area contributed by atoms with Gasteiger partial charge in [-0.25, -0.2) is 0 Å². The maximum Gasteiger partial charge on any atom is 0.254 e. The Bertz CT molecular complexity index is 1030. The molecule has 1 amide bonds. The number of amides is 1. The first-order valence-corrected chi connectivity index (χ1v) is 10.1. The van der Waals surface area contributed by atoms with E-state index in [1.807, 2.05) is 23.2 Å². The minimum Gasteiger partial charge on any atom is -0.391 e. The van der Waals surface area contributed by atoms with E-state index in [0.29, 0.717) is 6.54 Å². The molecule has 1 fully saturated rings. The molecule has 0 saturated heterocycles. The van der Waals surface area contributed by atoms with E-state index in [1.165, 1.54) is 5.39 Å². The summed E-state index contributed by atoms with van der Waals surface area (Å²) in [5.74, 6) is 0.0686. The van der Waals surface area contributed by atoms with Crippen molar-refractivity contribution in [2.24, 2.45) is 0 Å². The lowest BCUT2D eigenvalue weighted by Gasteiger charge is -2.35. The van der Waals surface area contributed by atoms with E-state index in [1.54, 1.807) is 6.20 Å². The van der Waals surface area contributed by atoms with Crippen molar-refractivity contribution in [3.05, 3.63) is 77.1 Å². The van der Waals surface area contributed by atoms with Gasteiger partial charge in [0.05, 0.1) is 12.1 Å². The molecule has 1 N–H and O–H groups in total. The average Bonchev–Trinajstić information content (AvgIpc) is 3.06. The Morgan fingerprint density at radius 2 is 1.89 bits per heavy atom. The van der Waals surface area contributed by atoms with Crippen LogP contribution in [0.2, 0.25) is 0 Å². The lowest BCUT2D eigenvalue weighted by molar-refractivity contribution is 0.0192. The van der Waals surface area contributed by atoms with Gasteiger partial charge >= 0.3 is 0 Å². The summed E-state index contributed by atoms with van der Waals surface area (Å²) in [7, 11) is 0. The number of aromatic nitrogens is 1. The van der Waals surface area contributed by atoms with E-state index >= 15 is 0 Å². The number of hydrogen-bond donors (Lipinski definition) is 1. The van der Waals surface area contributed by atoms with Crippen molar-refractivity contribution in [3.8, 4) is 0 Å². The largest absolute Gasteiger partial charge is 0.391 e. The van der Waals surface area contributed by atoms with Gasteiger partial charge in [-0.05, 0) is 58.9 Å². The minimum atomic E-state index is -0.409. The molecule has 2 aliphatic rings. The number of nitrogens with zero attached hydrogens (tertiary/aromatic N) is 2. The monoisotopic (exact) mass is 372 g/mol. The molecule has 4 heteroatoms. The minimum absolute atomic E-state index is 0.0609. The van der Waals surface area contributed by atoms with Crippen molar-refractivity contribution < 1.29 is 9.90 Å². The molecular weight excluding hydrogens is 348 g/mol. The predicted octanol–water partition coefficient (Wildman–Crippen LogP) is 4.08. The zero-order valence-corrected chi connectivity index (χ0v) is 15.8. The second kappa shape index (κ2) is 7.02. The van der Waals surface area contributed by atoms with E-state index in [9.17, 15) is 9.90 Å². The Hall–Kier alpha value is -2.72. The van der Waals surface area contributed by atoms with Crippen LogP contribution < -0.4 is 0 Å². The first-order chi connectivity index (χ1) is 13.7. The fraction of sp³-hybridized carbons (Fsp3) is 0.333. The maximum absolute atomic E-state index is 13.3. The van der Waals surface area contributed by atoms with Crippen LogP contribution in [-0.2, 0) is 13.0 Å². The highest BCUT2D eigenvalue weighted by Crippen LogP contribution is 2.37. The van der Waals surface area contributed by atoms with Gasteiger partial charge in [-0.2, -0.15) is 0 Å². The molecule has 0 bridgehead atoms. The third-order valence-electron chi connectivity index (χ3n) is 6.27. The molecule has 5 rings (SSSR count). The molecule has 2 heterocycles. The van der Waals surface area contributed by atoms with E-state index in [0.717, 1.165) is 59.7 Å². The van der Waals surface area contributed by atoms with Crippen molar-refractivity contribution in [2.75, 3.05) is 0 Å². The van der Waals surface area contributed by atoms with Crippen LogP contribution in [0.25, 0.3) is 10.8 Å². The summed E-state index contributed by atoms with van der Waals surface area (Å²) in [6, 6.07) is 14.4. The fourth-order valence-corrected chi connectivity index (χ4v) is 4.86. The first kappa shape index (κ1) is 17.4. The zero-order chi connectivity index (χ0) is 19.1. The highest BCUT2D eigenvalue weighted by Gasteiger charge is 2.38. The number of rotatable bonds is 3. The summed E-state index contributed by atoms with van der Waals surface area (Å²) >= 11 is 0. The highest BCUT2D eigenvalue weighted by molar-refractivity contribution is 6.05. The number of aliphatic hydroxyl groups excluding tert-OH is 1. The van der Waals surface area contributed by atoms with Crippen LogP contribution in [0.5, 0.6) is 0 Å². The molecule has 1 aromatic heterocycles. The molecule has 3 aromatic rings. The van der Waals surface area contributed by atoms with Crippen LogP contribution in [0.15, 0.2) is 54.9 Å². The van der Waals surface area contributed by atoms with Gasteiger partial charge in [-0.3, -0.25) is 9.78 Å². The highest BCUT2D eigenvalue weighted by atomic mass is 16.3. The average molecular weight is 372 g/mol. The Labute approximate surface area is 164 Å². The van der Waals surface area contributed by atoms with Gasteiger partial charge in [0, 0.05) is 24.5 Å². The van der Waals surface area contributed by atoms with Crippen LogP contribution in [0.4, 0.5) is 0 Å². The number of pyridine rings is 1. The summed E-state index contributed by atoms with van der Waals surface area (Å²) < 4.78 is 0. The van der Waals surface area contributed by atoms with E-state index in [-0.39, 0.29) is 11.9 Å². The summed E-state index contributed by atoms with van der Waals surface area (Å²) in [4.78, 5) is 19.4. The topological polar surface area (TPSA) is 53.4 Å². The number of fused-ring (bicyclic) bond motifs is 3. The maximum atomic E-state index is 13.3. The van der Waals surface area contributed by atoms with E-state index in [4.69, 9.17) is 0 Å². The first-order valence-electron chi connectivity index (χ1n) is 10.1. The van der Waals surface area contributed by atoms with Crippen molar-refractivity contribution in [1.82, 2.24) is 9.88 Å². The molecule has 2 atom stereocenters. The van der Waals surface area contributed by atoms with Gasteiger partial charge in [-0.15, -0.1) is 0 Å². The number of carbonyl (C=O) groups is 1. The number of hydrogen-bond acceptors (Lipinski definition) is 3. The van der Waals surface area contributed by atoms with Gasteiger partial charge in [0.15, 0.2) is 0 Å². The van der Waals surface area contributed by atoms with Crippen molar-refractivity contribution in [3.63, 3.8) is 0 Å². The van der Waals surface area contributed by atoms with Gasteiger partial charge in [-0.1, -0.05) is 43.2 Å². The van der Waals surface area contributed by atoms with Gasteiger partial charge in [0.2, 0.25) is 0 Å². The molecule has 1 aliphatic carbocycles. The fourth-order valence-electron chi connectivity index (χ4n) is 4.86. The van der Waals surface area contributed by atoms with Crippen LogP contribution >= 0.6 is 0 Å². The second-order valence-corrected chi connectivity index (χ2v) is 8.00. The molecule has 0 unspecified atom stereocenters. The number of carbonyl (C=O) groups excluding carboxylic acids is 1. The Kier molecular flexibility index (Phi) is 4.36. The number of aliphatic hydroxyl groups is 1. The quantitative estimate of drug-likeness (QED) is 0.754. The lowest BCUT2D eigenvalue weighted by atomic mass is 9.91. The molecule has 142 valence electrons. The normalized spacial score (nSPS) is 21.9. The summed E-state index contributed by atoms with van der Waals surface area (Å²) in [6.45, 7) is 0.601. The summed E-state index contributed by atoms with van der Waals surface area (Å²) in [6.07, 6.45) is 7.81. The second-order valence-electron chi connectivity index (χ2n) is 8.00. The molecule has 2 aromatic carbocycles. The van der Waals surface area contributed by atoms with E-state index < -0.39 is 6.10 Å². The van der Waals surface area contributed by atoms with Gasteiger partial charge < -0.3 is 10.0 Å². The van der Waals surface area contributed by atoms with Crippen LogP contribution in [0, 0.1) is 0 Å². The SMILES string of the molecule is O=C1c2cc(Cc3cccnc3)c3ccccc3c2CN1[C@H]1CCCC[C@@H]1O. The molecule has 28 heavy (non-hydrogen) atoms. The molecule has 4 nitrogen and oxygen atoms in total. The zero-order valence-electron chi connectivity index (χ0n) is 15.8. The predicted molar refractivity (Wildman–Crippen MR) is 109 cm³/mol. The summed E-state index contributed by atoms with van der Waals surface area (Å²) in [5.41, 5.74) is 4.20. The van der Waals surface area contributed by atoms with Crippen LogP contribution in [0.1, 0.15) is 52.7 Å². The van der Waals surface area contributed by atoms with Gasteiger partial charge in [0.1, 0.15) is 0 Å². The molecular formula is C24H24N2O2. The smallest absolute Gasteiger partial charge is 0.254 e. The molecule has 0 radical (unpaired) electrons. The molecule has 1 aliphatic heterocycles. The molecule has 1 saturated carbocycles. The van der Waals surface area contributed by atoms with Crippen LogP contribution in [0.3, 0.4) is 0 Å². The lowest BCUT2D eigenvalue weighted by Crippen LogP contribution is -2.45. The van der Waals surface area contributed by atoms with E-state index in [2.05, 4.69) is 35.3 Å².